The second-order valence-corrected chi connectivity index (χ2v) is 10.8. The molecule has 0 aromatic heterocycles. The van der Waals surface area contributed by atoms with E-state index in [-0.39, 0.29) is 24.8 Å². The maximum absolute atomic E-state index is 11.5. The number of hydrogen-bond donors (Lipinski definition) is 2. The summed E-state index contributed by atoms with van der Waals surface area (Å²) in [4.78, 5) is 43.3. The third kappa shape index (κ3) is 36.0. The molecule has 224 valence electrons. The Morgan fingerprint density at radius 1 is 0.474 bits per heavy atom. The predicted molar refractivity (Wildman–Crippen MR) is 150 cm³/mol. The number of esters is 2. The Bertz CT molecular complexity index is 549. The van der Waals surface area contributed by atoms with Gasteiger partial charge in [-0.25, -0.2) is 0 Å². The van der Waals surface area contributed by atoms with Gasteiger partial charge in [0.05, 0.1) is 13.2 Å². The van der Waals surface area contributed by atoms with E-state index < -0.39 is 11.9 Å². The second kappa shape index (κ2) is 27.9. The first kappa shape index (κ1) is 38.0. The van der Waals surface area contributed by atoms with Crippen molar-refractivity contribution in [3.05, 3.63) is 0 Å². The van der Waals surface area contributed by atoms with Crippen LogP contribution >= 0.6 is 0 Å². The first-order chi connectivity index (χ1) is 18.0. The van der Waals surface area contributed by atoms with Gasteiger partial charge in [0.1, 0.15) is 0 Å². The smallest absolute Gasteiger partial charge is 0.305 e. The van der Waals surface area contributed by atoms with Crippen LogP contribution in [0.2, 0.25) is 0 Å². The van der Waals surface area contributed by atoms with E-state index >= 15 is 0 Å². The molecule has 0 saturated heterocycles. The number of unbranched alkanes of at least 4 members (excludes halogenated alkanes) is 10. The molecule has 0 rings (SSSR count). The molecule has 0 amide bonds. The molecule has 2 N–H and O–H groups in total. The van der Waals surface area contributed by atoms with E-state index in [2.05, 4.69) is 27.7 Å². The van der Waals surface area contributed by atoms with Crippen molar-refractivity contribution in [1.82, 2.24) is 0 Å². The van der Waals surface area contributed by atoms with E-state index in [1.165, 1.54) is 0 Å². The van der Waals surface area contributed by atoms with Crippen molar-refractivity contribution in [2.45, 2.75) is 143 Å². The van der Waals surface area contributed by atoms with Crippen molar-refractivity contribution in [2.24, 2.45) is 11.8 Å². The van der Waals surface area contributed by atoms with Gasteiger partial charge >= 0.3 is 23.9 Å². The molecule has 0 unspecified atom stereocenters. The molecule has 0 aromatic rings. The SMILES string of the molecule is CC(C)CCOC(=O)CCCCCCCCC(=O)OCCC(C)C.O=C(O)CCCCCCCCC(=O)O. The number of carbonyl (C=O) groups is 4. The summed E-state index contributed by atoms with van der Waals surface area (Å²) in [5, 5.41) is 16.7. The minimum absolute atomic E-state index is 0.0696. The largest absolute Gasteiger partial charge is 0.481 e. The van der Waals surface area contributed by atoms with Gasteiger partial charge in [-0.2, -0.15) is 0 Å². The van der Waals surface area contributed by atoms with Crippen molar-refractivity contribution in [3.8, 4) is 0 Å². The van der Waals surface area contributed by atoms with Gasteiger partial charge in [0.25, 0.3) is 0 Å². The van der Waals surface area contributed by atoms with Gasteiger partial charge < -0.3 is 19.7 Å². The molecule has 0 aliphatic carbocycles. The fourth-order valence-electron chi connectivity index (χ4n) is 3.47. The maximum Gasteiger partial charge on any atom is 0.305 e. The quantitative estimate of drug-likeness (QED) is 0.0941. The van der Waals surface area contributed by atoms with Gasteiger partial charge in [-0.3, -0.25) is 19.2 Å². The lowest BCUT2D eigenvalue weighted by atomic mass is 10.1. The van der Waals surface area contributed by atoms with Crippen molar-refractivity contribution in [3.63, 3.8) is 0 Å². The Hall–Kier alpha value is -2.12. The number of aliphatic carboxylic acids is 2. The van der Waals surface area contributed by atoms with Crippen molar-refractivity contribution < 1.29 is 38.9 Å². The summed E-state index contributed by atoms with van der Waals surface area (Å²) in [6.45, 7) is 9.59. The van der Waals surface area contributed by atoms with Crippen LogP contribution in [0.25, 0.3) is 0 Å². The van der Waals surface area contributed by atoms with Gasteiger partial charge in [0.2, 0.25) is 0 Å². The maximum atomic E-state index is 11.5. The first-order valence-corrected chi connectivity index (χ1v) is 14.8. The van der Waals surface area contributed by atoms with E-state index in [0.717, 1.165) is 89.9 Å². The third-order valence-electron chi connectivity index (χ3n) is 5.96. The molecule has 0 fully saturated rings. The van der Waals surface area contributed by atoms with Gasteiger partial charge in [-0.1, -0.05) is 79.1 Å². The van der Waals surface area contributed by atoms with E-state index in [0.29, 0.717) is 37.9 Å². The fourth-order valence-corrected chi connectivity index (χ4v) is 3.47. The van der Waals surface area contributed by atoms with Crippen LogP contribution in [-0.2, 0) is 28.7 Å². The Morgan fingerprint density at radius 3 is 1.00 bits per heavy atom. The summed E-state index contributed by atoms with van der Waals surface area (Å²) < 4.78 is 10.4. The summed E-state index contributed by atoms with van der Waals surface area (Å²) in [5.41, 5.74) is 0. The van der Waals surface area contributed by atoms with Gasteiger partial charge in [0, 0.05) is 25.7 Å². The number of ether oxygens (including phenoxy) is 2. The standard InChI is InChI=1S/C20H38O4.C10H18O4/c1-17(2)13-15-23-19(21)11-9-7-5-6-8-10-12-20(22)24-16-14-18(3)4;11-9(12)7-5-3-1-2-4-6-8-10(13)14/h17-18H,5-16H2,1-4H3;1-8H2,(H,11,12)(H,13,14). The highest BCUT2D eigenvalue weighted by molar-refractivity contribution is 5.69. The molecule has 8 heteroatoms. The third-order valence-corrected chi connectivity index (χ3v) is 5.96. The second-order valence-electron chi connectivity index (χ2n) is 10.8. The molecule has 8 nitrogen and oxygen atoms in total. The average molecular weight is 545 g/mol. The van der Waals surface area contributed by atoms with Crippen molar-refractivity contribution in [1.29, 1.82) is 0 Å². The highest BCUT2D eigenvalue weighted by Crippen LogP contribution is 2.11. The van der Waals surface area contributed by atoms with Crippen LogP contribution in [0.4, 0.5) is 0 Å². The van der Waals surface area contributed by atoms with Crippen LogP contribution < -0.4 is 0 Å². The van der Waals surface area contributed by atoms with Crippen LogP contribution in [0.5, 0.6) is 0 Å². The first-order valence-electron chi connectivity index (χ1n) is 14.8. The molecular formula is C30H56O8. The zero-order valence-electron chi connectivity index (χ0n) is 24.6. The zero-order valence-corrected chi connectivity index (χ0v) is 24.6. The highest BCUT2D eigenvalue weighted by atomic mass is 16.5. The van der Waals surface area contributed by atoms with Crippen LogP contribution in [0.1, 0.15) is 143 Å². The van der Waals surface area contributed by atoms with Gasteiger partial charge in [-0.05, 0) is 50.4 Å². The Balaban J connectivity index is 0. The monoisotopic (exact) mass is 544 g/mol. The molecule has 0 aliphatic rings. The Labute approximate surface area is 231 Å². The van der Waals surface area contributed by atoms with E-state index in [9.17, 15) is 19.2 Å². The lowest BCUT2D eigenvalue weighted by Crippen LogP contribution is -2.07. The average Bonchev–Trinajstić information content (AvgIpc) is 2.82. The van der Waals surface area contributed by atoms with Crippen molar-refractivity contribution in [2.75, 3.05) is 13.2 Å². The van der Waals surface area contributed by atoms with Crippen LogP contribution in [0, 0.1) is 11.8 Å². The summed E-state index contributed by atoms with van der Waals surface area (Å²) in [6, 6.07) is 0. The molecule has 0 aliphatic heterocycles. The van der Waals surface area contributed by atoms with Crippen LogP contribution in [0.3, 0.4) is 0 Å². The number of carboxylic acids is 2. The molecule has 0 spiro atoms. The Kier molecular flexibility index (Phi) is 27.9. The predicted octanol–water partition coefficient (Wildman–Crippen LogP) is 7.56. The molecule has 0 atom stereocenters. The van der Waals surface area contributed by atoms with E-state index in [4.69, 9.17) is 19.7 Å². The van der Waals surface area contributed by atoms with Crippen LogP contribution in [0.15, 0.2) is 0 Å². The molecule has 0 radical (unpaired) electrons. The molecular weight excluding hydrogens is 488 g/mol. The Morgan fingerprint density at radius 2 is 0.737 bits per heavy atom. The minimum Gasteiger partial charge on any atom is -0.481 e. The fraction of sp³-hybridized carbons (Fsp3) is 0.867. The van der Waals surface area contributed by atoms with E-state index in [1.54, 1.807) is 0 Å². The molecule has 0 bridgehead atoms. The molecule has 0 aromatic carbocycles. The number of carbonyl (C=O) groups excluding carboxylic acids is 2. The number of hydrogen-bond acceptors (Lipinski definition) is 6. The number of rotatable bonds is 24. The minimum atomic E-state index is -0.740. The highest BCUT2D eigenvalue weighted by Gasteiger charge is 2.05. The van der Waals surface area contributed by atoms with Crippen molar-refractivity contribution >= 4 is 23.9 Å². The molecule has 38 heavy (non-hydrogen) atoms. The van der Waals surface area contributed by atoms with Crippen LogP contribution in [-0.4, -0.2) is 47.3 Å². The zero-order chi connectivity index (χ0) is 29.0. The summed E-state index contributed by atoms with van der Waals surface area (Å²) in [7, 11) is 0. The normalized spacial score (nSPS) is 10.7. The van der Waals surface area contributed by atoms with Gasteiger partial charge in [-0.15, -0.1) is 0 Å². The van der Waals surface area contributed by atoms with E-state index in [1.807, 2.05) is 0 Å². The lowest BCUT2D eigenvalue weighted by Gasteiger charge is -2.07. The summed E-state index contributed by atoms with van der Waals surface area (Å²) in [6.07, 6.45) is 14.9. The topological polar surface area (TPSA) is 127 Å². The number of carboxylic acid groups (broad SMARTS) is 2. The van der Waals surface area contributed by atoms with Gasteiger partial charge in [0.15, 0.2) is 0 Å². The lowest BCUT2D eigenvalue weighted by molar-refractivity contribution is -0.145. The molecule has 0 saturated carbocycles. The summed E-state index contributed by atoms with van der Waals surface area (Å²) >= 11 is 0. The molecule has 0 heterocycles. The summed E-state index contributed by atoms with van der Waals surface area (Å²) in [5.74, 6) is -0.470.